The highest BCUT2D eigenvalue weighted by Gasteiger charge is 2.32. The van der Waals surface area contributed by atoms with Crippen molar-refractivity contribution in [1.29, 1.82) is 0 Å². The number of hydrogen-bond acceptors (Lipinski definition) is 3. The first-order chi connectivity index (χ1) is 7.29. The predicted octanol–water partition coefficient (Wildman–Crippen LogP) is 1.36. The molecule has 1 atom stereocenters. The first-order valence-corrected chi connectivity index (χ1v) is 6.32. The van der Waals surface area contributed by atoms with Gasteiger partial charge in [-0.05, 0) is 56.9 Å². The Bertz CT molecular complexity index is 229. The van der Waals surface area contributed by atoms with Gasteiger partial charge in [-0.2, -0.15) is 0 Å². The number of nitrogens with one attached hydrogen (secondary N) is 1. The Morgan fingerprint density at radius 3 is 2.60 bits per heavy atom. The van der Waals surface area contributed by atoms with Crippen LogP contribution >= 0.6 is 11.6 Å². The molecule has 0 bridgehead atoms. The Morgan fingerprint density at radius 2 is 1.93 bits per heavy atom. The van der Waals surface area contributed by atoms with Crippen LogP contribution in [0.4, 0.5) is 0 Å². The van der Waals surface area contributed by atoms with Crippen molar-refractivity contribution in [3.63, 3.8) is 0 Å². The lowest BCUT2D eigenvalue weighted by Crippen LogP contribution is -2.52. The van der Waals surface area contributed by atoms with E-state index < -0.39 is 0 Å². The summed E-state index contributed by atoms with van der Waals surface area (Å²) in [5, 5.41) is 3.19. The van der Waals surface area contributed by atoms with Crippen molar-refractivity contribution in [1.82, 2.24) is 10.2 Å². The Morgan fingerprint density at radius 1 is 1.20 bits per heavy atom. The quantitative estimate of drug-likeness (QED) is 0.728. The fraction of sp³-hybridized carbons (Fsp3) is 0.909. The Balaban J connectivity index is 1.99. The topological polar surface area (TPSA) is 32.3 Å². The van der Waals surface area contributed by atoms with Crippen molar-refractivity contribution in [2.45, 2.75) is 44.2 Å². The zero-order valence-corrected chi connectivity index (χ0v) is 9.80. The fourth-order valence-corrected chi connectivity index (χ4v) is 3.01. The van der Waals surface area contributed by atoms with E-state index in [-0.39, 0.29) is 11.3 Å². The largest absolute Gasteiger partial charge is 0.317 e. The third-order valence-electron chi connectivity index (χ3n) is 3.58. The highest BCUT2D eigenvalue weighted by Crippen LogP contribution is 2.24. The van der Waals surface area contributed by atoms with Crippen LogP contribution in [0.2, 0.25) is 0 Å². The highest BCUT2D eigenvalue weighted by molar-refractivity contribution is 6.64. The maximum absolute atomic E-state index is 11.4. The fourth-order valence-electron chi connectivity index (χ4n) is 2.77. The van der Waals surface area contributed by atoms with E-state index in [1.807, 2.05) is 0 Å². The maximum atomic E-state index is 11.4. The van der Waals surface area contributed by atoms with Crippen LogP contribution in [0.3, 0.4) is 0 Å². The zero-order chi connectivity index (χ0) is 10.7. The normalized spacial score (nSPS) is 30.3. The summed E-state index contributed by atoms with van der Waals surface area (Å²) in [5.74, 6) is 0. The zero-order valence-electron chi connectivity index (χ0n) is 9.04. The number of rotatable bonds is 2. The van der Waals surface area contributed by atoms with E-state index in [9.17, 15) is 4.79 Å². The standard InChI is InChI=1S/C11H19ClN2O/c12-11(15)10-3-1-2-8-14(10)9-4-6-13-7-5-9/h9-10,13H,1-8H2. The van der Waals surface area contributed by atoms with E-state index in [0.717, 1.165) is 45.3 Å². The van der Waals surface area contributed by atoms with Crippen molar-refractivity contribution in [3.05, 3.63) is 0 Å². The van der Waals surface area contributed by atoms with Gasteiger partial charge in [0.05, 0.1) is 6.04 Å². The van der Waals surface area contributed by atoms with Crippen LogP contribution in [0.5, 0.6) is 0 Å². The average molecular weight is 231 g/mol. The molecule has 1 unspecified atom stereocenters. The van der Waals surface area contributed by atoms with E-state index in [0.29, 0.717) is 6.04 Å². The predicted molar refractivity (Wildman–Crippen MR) is 61.1 cm³/mol. The molecule has 2 heterocycles. The van der Waals surface area contributed by atoms with Crippen LogP contribution < -0.4 is 5.32 Å². The van der Waals surface area contributed by atoms with Crippen molar-refractivity contribution in [2.75, 3.05) is 19.6 Å². The number of piperidine rings is 2. The van der Waals surface area contributed by atoms with E-state index in [1.165, 1.54) is 6.42 Å². The van der Waals surface area contributed by atoms with E-state index in [2.05, 4.69) is 10.2 Å². The molecule has 4 heteroatoms. The molecule has 0 aromatic carbocycles. The number of likely N-dealkylation sites (tertiary alicyclic amines) is 1. The molecule has 2 fully saturated rings. The lowest BCUT2D eigenvalue weighted by atomic mass is 9.96. The second-order valence-electron chi connectivity index (χ2n) is 4.53. The SMILES string of the molecule is O=C(Cl)C1CCCCN1C1CCNCC1. The Labute approximate surface area is 96.2 Å². The molecule has 2 aliphatic heterocycles. The molecule has 3 nitrogen and oxygen atoms in total. The van der Waals surface area contributed by atoms with Crippen LogP contribution in [0, 0.1) is 0 Å². The molecular formula is C11H19ClN2O. The van der Waals surface area contributed by atoms with Gasteiger partial charge in [0.1, 0.15) is 0 Å². The monoisotopic (exact) mass is 230 g/mol. The van der Waals surface area contributed by atoms with Gasteiger partial charge in [-0.15, -0.1) is 0 Å². The van der Waals surface area contributed by atoms with E-state index >= 15 is 0 Å². The Kier molecular flexibility index (Phi) is 4.00. The summed E-state index contributed by atoms with van der Waals surface area (Å²) in [6, 6.07) is 0.558. The van der Waals surface area contributed by atoms with Gasteiger partial charge >= 0.3 is 0 Å². The van der Waals surface area contributed by atoms with Crippen LogP contribution in [-0.4, -0.2) is 41.9 Å². The van der Waals surface area contributed by atoms with Crippen molar-refractivity contribution in [3.8, 4) is 0 Å². The van der Waals surface area contributed by atoms with Gasteiger partial charge < -0.3 is 5.32 Å². The van der Waals surface area contributed by atoms with Gasteiger partial charge in [0.15, 0.2) is 0 Å². The van der Waals surface area contributed by atoms with Gasteiger partial charge in [0.25, 0.3) is 0 Å². The number of halogens is 1. The second-order valence-corrected chi connectivity index (χ2v) is 4.91. The highest BCUT2D eigenvalue weighted by atomic mass is 35.5. The summed E-state index contributed by atoms with van der Waals surface area (Å²) >= 11 is 5.67. The smallest absolute Gasteiger partial charge is 0.238 e. The minimum absolute atomic E-state index is 0.0106. The summed E-state index contributed by atoms with van der Waals surface area (Å²) in [6.45, 7) is 3.20. The summed E-state index contributed by atoms with van der Waals surface area (Å²) in [7, 11) is 0. The molecule has 0 aromatic rings. The van der Waals surface area contributed by atoms with Crippen LogP contribution in [-0.2, 0) is 4.79 Å². The summed E-state index contributed by atoms with van der Waals surface area (Å²) < 4.78 is 0. The van der Waals surface area contributed by atoms with Crippen molar-refractivity contribution < 1.29 is 4.79 Å². The molecule has 1 N–H and O–H groups in total. The van der Waals surface area contributed by atoms with Crippen LogP contribution in [0.15, 0.2) is 0 Å². The summed E-state index contributed by atoms with van der Waals surface area (Å²) in [5.41, 5.74) is 0. The van der Waals surface area contributed by atoms with E-state index in [4.69, 9.17) is 11.6 Å². The minimum atomic E-state index is -0.159. The Hall–Kier alpha value is -0.120. The van der Waals surface area contributed by atoms with Crippen molar-refractivity contribution in [2.24, 2.45) is 0 Å². The first kappa shape index (κ1) is 11.4. The molecule has 0 aromatic heterocycles. The van der Waals surface area contributed by atoms with Gasteiger partial charge in [-0.25, -0.2) is 0 Å². The van der Waals surface area contributed by atoms with Gasteiger partial charge in [0, 0.05) is 6.04 Å². The van der Waals surface area contributed by atoms with Crippen LogP contribution in [0.25, 0.3) is 0 Å². The molecule has 0 aliphatic carbocycles. The molecule has 2 rings (SSSR count). The number of carbonyl (C=O) groups excluding carboxylic acids is 1. The molecular weight excluding hydrogens is 212 g/mol. The third-order valence-corrected chi connectivity index (χ3v) is 3.84. The molecule has 0 radical (unpaired) electrons. The lowest BCUT2D eigenvalue weighted by molar-refractivity contribution is -0.119. The average Bonchev–Trinajstić information content (AvgIpc) is 2.30. The molecule has 0 amide bonds. The summed E-state index contributed by atoms with van der Waals surface area (Å²) in [6.07, 6.45) is 5.61. The molecule has 86 valence electrons. The summed E-state index contributed by atoms with van der Waals surface area (Å²) in [4.78, 5) is 13.7. The maximum Gasteiger partial charge on any atom is 0.238 e. The van der Waals surface area contributed by atoms with Gasteiger partial charge in [-0.3, -0.25) is 9.69 Å². The van der Waals surface area contributed by atoms with Gasteiger partial charge in [-0.1, -0.05) is 6.42 Å². The first-order valence-electron chi connectivity index (χ1n) is 5.95. The number of carbonyl (C=O) groups is 1. The minimum Gasteiger partial charge on any atom is -0.317 e. The lowest BCUT2D eigenvalue weighted by Gasteiger charge is -2.41. The number of hydrogen-bond donors (Lipinski definition) is 1. The third kappa shape index (κ3) is 2.71. The molecule has 2 aliphatic rings. The van der Waals surface area contributed by atoms with Crippen LogP contribution in [0.1, 0.15) is 32.1 Å². The van der Waals surface area contributed by atoms with Crippen molar-refractivity contribution >= 4 is 16.8 Å². The second kappa shape index (κ2) is 5.28. The van der Waals surface area contributed by atoms with Gasteiger partial charge in [0.2, 0.25) is 5.24 Å². The molecule has 0 spiro atoms. The number of nitrogens with zero attached hydrogens (tertiary/aromatic N) is 1. The molecule has 0 saturated carbocycles. The molecule has 2 saturated heterocycles. The van der Waals surface area contributed by atoms with E-state index in [1.54, 1.807) is 0 Å². The molecule has 15 heavy (non-hydrogen) atoms.